The van der Waals surface area contributed by atoms with E-state index in [2.05, 4.69) is 33.1 Å². The third-order valence-electron chi connectivity index (χ3n) is 5.82. The Hall–Kier alpha value is -4.08. The Bertz CT molecular complexity index is 1220. The molecule has 1 aliphatic rings. The lowest BCUT2D eigenvalue weighted by Crippen LogP contribution is -2.31. The van der Waals surface area contributed by atoms with Crippen molar-refractivity contribution in [2.45, 2.75) is 39.2 Å². The molecule has 3 aromatic rings. The number of hydrogen-bond donors (Lipinski definition) is 2. The van der Waals surface area contributed by atoms with E-state index in [4.69, 9.17) is 14.2 Å². The van der Waals surface area contributed by atoms with Gasteiger partial charge < -0.3 is 24.8 Å². The zero-order chi connectivity index (χ0) is 24.8. The molecule has 1 amide bonds. The first-order valence-electron chi connectivity index (χ1n) is 11.6. The van der Waals surface area contributed by atoms with Gasteiger partial charge in [0.15, 0.2) is 11.5 Å². The molecule has 2 heterocycles. The zero-order valence-electron chi connectivity index (χ0n) is 20.4. The lowest BCUT2D eigenvalue weighted by Gasteiger charge is -2.28. The molecule has 1 aromatic heterocycles. The van der Waals surface area contributed by atoms with Crippen molar-refractivity contribution >= 4 is 17.5 Å². The molecule has 0 radical (unpaired) electrons. The van der Waals surface area contributed by atoms with Crippen LogP contribution in [0.5, 0.6) is 17.2 Å². The van der Waals surface area contributed by atoms with Crippen molar-refractivity contribution < 1.29 is 19.0 Å². The van der Waals surface area contributed by atoms with Gasteiger partial charge in [0.1, 0.15) is 11.8 Å². The Morgan fingerprint density at radius 1 is 1.09 bits per heavy atom. The average Bonchev–Trinajstić information content (AvgIpc) is 3.34. The van der Waals surface area contributed by atoms with Crippen LogP contribution in [-0.2, 0) is 4.79 Å². The molecule has 35 heavy (non-hydrogen) atoms. The molecule has 0 spiro atoms. The average molecular weight is 479 g/mol. The van der Waals surface area contributed by atoms with Crippen LogP contribution in [-0.4, -0.2) is 46.9 Å². The Kier molecular flexibility index (Phi) is 7.49. The third kappa shape index (κ3) is 5.06. The van der Waals surface area contributed by atoms with Gasteiger partial charge in [-0.15, -0.1) is 0 Å². The number of aromatic nitrogens is 4. The first-order chi connectivity index (χ1) is 17.1. The second-order valence-corrected chi connectivity index (χ2v) is 8.13. The van der Waals surface area contributed by atoms with E-state index in [0.29, 0.717) is 46.8 Å². The first kappa shape index (κ1) is 24.1. The van der Waals surface area contributed by atoms with Crippen LogP contribution in [0.1, 0.15) is 44.7 Å². The van der Waals surface area contributed by atoms with Crippen LogP contribution in [0.4, 0.5) is 11.6 Å². The standard InChI is InChI=1S/C25H30N6O4/c1-5-6-9-14-35-20-13-12-17(15-21(20)34-4)23-22(16(2)26-25-28-29-30-31(23)25)24(32)27-18-10-7-8-11-19(18)33-3/h7-8,10-13,15,23H,5-6,9,14H2,1-4H3,(H,27,32)(H,26,28,30). The monoisotopic (exact) mass is 478 g/mol. The van der Waals surface area contributed by atoms with E-state index in [1.165, 1.54) is 0 Å². The number of anilines is 2. The number of benzene rings is 2. The number of unbranched alkanes of at least 4 members (excludes halogenated alkanes) is 2. The summed E-state index contributed by atoms with van der Waals surface area (Å²) < 4.78 is 18.5. The molecule has 0 aliphatic carbocycles. The van der Waals surface area contributed by atoms with Crippen LogP contribution < -0.4 is 24.8 Å². The van der Waals surface area contributed by atoms with Crippen molar-refractivity contribution in [1.29, 1.82) is 0 Å². The van der Waals surface area contributed by atoms with Gasteiger partial charge in [-0.25, -0.2) is 0 Å². The van der Waals surface area contributed by atoms with Crippen LogP contribution in [0.25, 0.3) is 0 Å². The number of tetrazole rings is 1. The lowest BCUT2D eigenvalue weighted by molar-refractivity contribution is -0.113. The highest BCUT2D eigenvalue weighted by molar-refractivity contribution is 6.06. The van der Waals surface area contributed by atoms with E-state index in [1.807, 2.05) is 37.3 Å². The van der Waals surface area contributed by atoms with Crippen molar-refractivity contribution in [2.75, 3.05) is 31.5 Å². The molecule has 1 unspecified atom stereocenters. The zero-order valence-corrected chi connectivity index (χ0v) is 20.4. The van der Waals surface area contributed by atoms with Gasteiger partial charge in [0.05, 0.1) is 32.1 Å². The molecule has 1 atom stereocenters. The summed E-state index contributed by atoms with van der Waals surface area (Å²) in [4.78, 5) is 13.6. The van der Waals surface area contributed by atoms with Gasteiger partial charge in [-0.3, -0.25) is 4.79 Å². The summed E-state index contributed by atoms with van der Waals surface area (Å²) in [5, 5.41) is 18.1. The van der Waals surface area contributed by atoms with Crippen molar-refractivity contribution in [3.63, 3.8) is 0 Å². The van der Waals surface area contributed by atoms with Gasteiger partial charge in [-0.2, -0.15) is 4.68 Å². The molecule has 0 fully saturated rings. The summed E-state index contributed by atoms with van der Waals surface area (Å²) in [5.74, 6) is 1.94. The second-order valence-electron chi connectivity index (χ2n) is 8.13. The minimum atomic E-state index is -0.584. The summed E-state index contributed by atoms with van der Waals surface area (Å²) in [5.41, 5.74) is 2.45. The molecule has 0 bridgehead atoms. The van der Waals surface area contributed by atoms with Crippen molar-refractivity contribution in [3.8, 4) is 17.2 Å². The largest absolute Gasteiger partial charge is 0.495 e. The Morgan fingerprint density at radius 2 is 1.89 bits per heavy atom. The fourth-order valence-corrected chi connectivity index (χ4v) is 4.06. The van der Waals surface area contributed by atoms with E-state index in [-0.39, 0.29) is 5.91 Å². The third-order valence-corrected chi connectivity index (χ3v) is 5.82. The van der Waals surface area contributed by atoms with Crippen molar-refractivity contribution in [3.05, 3.63) is 59.3 Å². The number of amides is 1. The van der Waals surface area contributed by atoms with Crippen LogP contribution in [0.2, 0.25) is 0 Å². The van der Waals surface area contributed by atoms with Gasteiger partial charge in [0.25, 0.3) is 5.91 Å². The normalized spacial score (nSPS) is 14.7. The van der Waals surface area contributed by atoms with E-state index in [1.54, 1.807) is 31.0 Å². The molecular weight excluding hydrogens is 448 g/mol. The highest BCUT2D eigenvalue weighted by Crippen LogP contribution is 2.39. The van der Waals surface area contributed by atoms with Crippen LogP contribution in [0, 0.1) is 0 Å². The number of carbonyl (C=O) groups is 1. The van der Waals surface area contributed by atoms with Gasteiger partial charge in [0, 0.05) is 5.70 Å². The minimum Gasteiger partial charge on any atom is -0.495 e. The van der Waals surface area contributed by atoms with Crippen LogP contribution in [0.15, 0.2) is 53.7 Å². The van der Waals surface area contributed by atoms with Crippen molar-refractivity contribution in [1.82, 2.24) is 20.2 Å². The van der Waals surface area contributed by atoms with Crippen molar-refractivity contribution in [2.24, 2.45) is 0 Å². The molecule has 10 nitrogen and oxygen atoms in total. The molecule has 0 saturated heterocycles. The minimum absolute atomic E-state index is 0.301. The number of hydrogen-bond acceptors (Lipinski definition) is 8. The maximum atomic E-state index is 13.6. The Morgan fingerprint density at radius 3 is 2.66 bits per heavy atom. The summed E-state index contributed by atoms with van der Waals surface area (Å²) in [6.45, 7) is 4.59. The quantitative estimate of drug-likeness (QED) is 0.417. The topological polar surface area (TPSA) is 112 Å². The highest BCUT2D eigenvalue weighted by Gasteiger charge is 2.34. The molecule has 2 N–H and O–H groups in total. The molecule has 1 aliphatic heterocycles. The van der Waals surface area contributed by atoms with Crippen LogP contribution >= 0.6 is 0 Å². The Balaban J connectivity index is 1.69. The second kappa shape index (κ2) is 10.9. The van der Waals surface area contributed by atoms with E-state index >= 15 is 0 Å². The van der Waals surface area contributed by atoms with E-state index in [0.717, 1.165) is 24.8 Å². The first-order valence-corrected chi connectivity index (χ1v) is 11.6. The SMILES string of the molecule is CCCCCOc1ccc(C2C(C(=O)Nc3ccccc3OC)=C(C)Nc3nnnn32)cc1OC. The smallest absolute Gasteiger partial charge is 0.255 e. The number of allylic oxidation sites excluding steroid dienone is 1. The number of nitrogens with zero attached hydrogens (tertiary/aromatic N) is 4. The molecule has 2 aromatic carbocycles. The van der Waals surface area contributed by atoms with Gasteiger partial charge in [-0.05, 0) is 53.6 Å². The number of methoxy groups -OCH3 is 2. The summed E-state index contributed by atoms with van der Waals surface area (Å²) in [6.07, 6.45) is 3.19. The maximum absolute atomic E-state index is 13.6. The maximum Gasteiger partial charge on any atom is 0.255 e. The number of nitrogens with one attached hydrogen (secondary N) is 2. The lowest BCUT2D eigenvalue weighted by atomic mass is 9.94. The summed E-state index contributed by atoms with van der Waals surface area (Å²) in [6, 6.07) is 12.3. The fourth-order valence-electron chi connectivity index (χ4n) is 4.06. The molecular formula is C25H30N6O4. The molecule has 184 valence electrons. The predicted molar refractivity (Wildman–Crippen MR) is 132 cm³/mol. The van der Waals surface area contributed by atoms with E-state index in [9.17, 15) is 4.79 Å². The number of fused-ring (bicyclic) bond motifs is 1. The molecule has 10 heteroatoms. The van der Waals surface area contributed by atoms with E-state index < -0.39 is 6.04 Å². The fraction of sp³-hybridized carbons (Fsp3) is 0.360. The van der Waals surface area contributed by atoms with Gasteiger partial charge >= 0.3 is 0 Å². The number of ether oxygens (including phenoxy) is 3. The highest BCUT2D eigenvalue weighted by atomic mass is 16.5. The number of para-hydroxylation sites is 2. The summed E-state index contributed by atoms with van der Waals surface area (Å²) in [7, 11) is 3.16. The number of rotatable bonds is 10. The van der Waals surface area contributed by atoms with Crippen LogP contribution in [0.3, 0.4) is 0 Å². The van der Waals surface area contributed by atoms with Gasteiger partial charge in [0.2, 0.25) is 5.95 Å². The van der Waals surface area contributed by atoms with Gasteiger partial charge in [-0.1, -0.05) is 43.1 Å². The summed E-state index contributed by atoms with van der Waals surface area (Å²) >= 11 is 0. The molecule has 4 rings (SSSR count). The molecule has 0 saturated carbocycles. The Labute approximate surface area is 204 Å². The predicted octanol–water partition coefficient (Wildman–Crippen LogP) is 4.19. The number of carbonyl (C=O) groups excluding carboxylic acids is 1.